The molecule has 0 spiro atoms. The predicted octanol–water partition coefficient (Wildman–Crippen LogP) is 1.69. The molecule has 1 aromatic heterocycles. The Balaban J connectivity index is 2.59. The Labute approximate surface area is 82.9 Å². The Hall–Kier alpha value is -1.89. The molecule has 0 bridgehead atoms. The van der Waals surface area contributed by atoms with Crippen LogP contribution < -0.4 is 4.74 Å². The van der Waals surface area contributed by atoms with Crippen molar-refractivity contribution in [2.45, 2.75) is 13.3 Å². The lowest BCUT2D eigenvalue weighted by molar-refractivity contribution is 0.307. The first-order valence-electron chi connectivity index (χ1n) is 4.22. The van der Waals surface area contributed by atoms with Crippen molar-refractivity contribution in [3.63, 3.8) is 0 Å². The van der Waals surface area contributed by atoms with Crippen LogP contribution in [0.3, 0.4) is 0 Å². The van der Waals surface area contributed by atoms with Crippen LogP contribution in [0.4, 0.5) is 0 Å². The zero-order chi connectivity index (χ0) is 10.4. The summed E-state index contributed by atoms with van der Waals surface area (Å²) in [6, 6.07) is 1.91. The van der Waals surface area contributed by atoms with Crippen LogP contribution in [-0.4, -0.2) is 16.6 Å². The molecule has 0 amide bonds. The molecule has 0 radical (unpaired) electrons. The van der Waals surface area contributed by atoms with E-state index in [9.17, 15) is 0 Å². The van der Waals surface area contributed by atoms with Crippen LogP contribution >= 0.6 is 0 Å². The fourth-order valence-corrected chi connectivity index (χ4v) is 0.830. The summed E-state index contributed by atoms with van der Waals surface area (Å²) in [5.74, 6) is 0.288. The number of ether oxygens (including phenoxy) is 1. The van der Waals surface area contributed by atoms with Gasteiger partial charge in [0.1, 0.15) is 6.07 Å². The molecule has 4 heteroatoms. The second kappa shape index (κ2) is 4.97. The Morgan fingerprint density at radius 3 is 2.93 bits per heavy atom. The van der Waals surface area contributed by atoms with Gasteiger partial charge in [0.05, 0.1) is 6.61 Å². The summed E-state index contributed by atoms with van der Waals surface area (Å²) in [5.41, 5.74) is 1.25. The summed E-state index contributed by atoms with van der Waals surface area (Å²) in [4.78, 5) is 7.73. The van der Waals surface area contributed by atoms with Crippen LogP contribution in [-0.2, 0) is 0 Å². The molecule has 0 aromatic carbocycles. The fourth-order valence-electron chi connectivity index (χ4n) is 0.830. The zero-order valence-electron chi connectivity index (χ0n) is 8.03. The molecule has 0 fully saturated rings. The van der Waals surface area contributed by atoms with Crippen LogP contribution in [0.2, 0.25) is 0 Å². The summed E-state index contributed by atoms with van der Waals surface area (Å²) < 4.78 is 5.28. The van der Waals surface area contributed by atoms with E-state index in [2.05, 4.69) is 16.5 Å². The average molecular weight is 189 g/mol. The van der Waals surface area contributed by atoms with Crippen LogP contribution in [0.25, 0.3) is 0 Å². The van der Waals surface area contributed by atoms with Gasteiger partial charge in [-0.15, -0.1) is 6.58 Å². The topological polar surface area (TPSA) is 58.8 Å². The van der Waals surface area contributed by atoms with E-state index in [1.807, 2.05) is 13.0 Å². The van der Waals surface area contributed by atoms with Gasteiger partial charge in [0.15, 0.2) is 0 Å². The molecule has 1 rings (SSSR count). The van der Waals surface area contributed by atoms with E-state index in [0.29, 0.717) is 6.61 Å². The summed E-state index contributed by atoms with van der Waals surface area (Å²) in [7, 11) is 0. The van der Waals surface area contributed by atoms with Crippen LogP contribution in [0.5, 0.6) is 5.88 Å². The maximum absolute atomic E-state index is 8.68. The van der Waals surface area contributed by atoms with E-state index < -0.39 is 0 Å². The molecule has 0 N–H and O–H groups in total. The van der Waals surface area contributed by atoms with Gasteiger partial charge in [-0.25, -0.2) is 9.97 Å². The van der Waals surface area contributed by atoms with E-state index in [0.717, 1.165) is 12.0 Å². The first-order valence-corrected chi connectivity index (χ1v) is 4.22. The standard InChI is InChI=1S/C10H11N3O/c1-8(2)3-6-14-10-9(7-11)12-4-5-13-10/h4-5H,1,3,6H2,2H3. The molecule has 4 nitrogen and oxygen atoms in total. The molecule has 0 unspecified atom stereocenters. The van der Waals surface area contributed by atoms with E-state index in [1.165, 1.54) is 12.4 Å². The Morgan fingerprint density at radius 1 is 1.57 bits per heavy atom. The van der Waals surface area contributed by atoms with Gasteiger partial charge in [-0.2, -0.15) is 5.26 Å². The van der Waals surface area contributed by atoms with Crippen LogP contribution in [0.15, 0.2) is 24.5 Å². The lowest BCUT2D eigenvalue weighted by Crippen LogP contribution is -2.02. The lowest BCUT2D eigenvalue weighted by atomic mass is 10.3. The van der Waals surface area contributed by atoms with E-state index in [1.54, 1.807) is 0 Å². The minimum absolute atomic E-state index is 0.217. The third-order valence-corrected chi connectivity index (χ3v) is 1.54. The molecule has 0 atom stereocenters. The summed E-state index contributed by atoms with van der Waals surface area (Å²) in [6.45, 7) is 6.14. The second-order valence-electron chi connectivity index (χ2n) is 2.88. The van der Waals surface area contributed by atoms with Crippen molar-refractivity contribution in [2.24, 2.45) is 0 Å². The van der Waals surface area contributed by atoms with Crippen LogP contribution in [0, 0.1) is 11.3 Å². The first kappa shape index (κ1) is 10.2. The summed E-state index contributed by atoms with van der Waals surface area (Å²) >= 11 is 0. The largest absolute Gasteiger partial charge is 0.475 e. The average Bonchev–Trinajstić information content (AvgIpc) is 2.18. The molecule has 0 aliphatic heterocycles. The van der Waals surface area contributed by atoms with Crippen molar-refractivity contribution in [2.75, 3.05) is 6.61 Å². The van der Waals surface area contributed by atoms with Crippen molar-refractivity contribution in [3.05, 3.63) is 30.2 Å². The minimum atomic E-state index is 0.217. The minimum Gasteiger partial charge on any atom is -0.475 e. The first-order chi connectivity index (χ1) is 6.74. The SMILES string of the molecule is C=C(C)CCOc1nccnc1C#N. The van der Waals surface area contributed by atoms with Gasteiger partial charge >= 0.3 is 0 Å². The Bertz CT molecular complexity index is 368. The monoisotopic (exact) mass is 189 g/mol. The predicted molar refractivity (Wildman–Crippen MR) is 51.7 cm³/mol. The fraction of sp³-hybridized carbons (Fsp3) is 0.300. The van der Waals surface area contributed by atoms with Crippen LogP contribution in [0.1, 0.15) is 19.0 Å². The van der Waals surface area contributed by atoms with Gasteiger partial charge in [0, 0.05) is 18.8 Å². The van der Waals surface area contributed by atoms with Gasteiger partial charge in [0.2, 0.25) is 5.69 Å². The number of hydrogen-bond donors (Lipinski definition) is 0. The number of nitrogens with zero attached hydrogens (tertiary/aromatic N) is 3. The number of rotatable bonds is 4. The Kier molecular flexibility index (Phi) is 3.62. The van der Waals surface area contributed by atoms with Crippen molar-refractivity contribution in [1.29, 1.82) is 5.26 Å². The molecule has 1 aromatic rings. The summed E-state index contributed by atoms with van der Waals surface area (Å²) in [5, 5.41) is 8.68. The molecule has 14 heavy (non-hydrogen) atoms. The summed E-state index contributed by atoms with van der Waals surface area (Å²) in [6.07, 6.45) is 3.71. The van der Waals surface area contributed by atoms with Crippen molar-refractivity contribution in [1.82, 2.24) is 9.97 Å². The van der Waals surface area contributed by atoms with Crippen molar-refractivity contribution < 1.29 is 4.74 Å². The van der Waals surface area contributed by atoms with E-state index in [-0.39, 0.29) is 11.6 Å². The van der Waals surface area contributed by atoms with E-state index in [4.69, 9.17) is 10.00 Å². The highest BCUT2D eigenvalue weighted by atomic mass is 16.5. The maximum atomic E-state index is 8.68. The third-order valence-electron chi connectivity index (χ3n) is 1.54. The highest BCUT2D eigenvalue weighted by Crippen LogP contribution is 2.10. The van der Waals surface area contributed by atoms with E-state index >= 15 is 0 Å². The normalized spacial score (nSPS) is 9.14. The Morgan fingerprint density at radius 2 is 2.29 bits per heavy atom. The van der Waals surface area contributed by atoms with Crippen molar-refractivity contribution >= 4 is 0 Å². The third kappa shape index (κ3) is 2.87. The molecule has 0 aliphatic rings. The highest BCUT2D eigenvalue weighted by Gasteiger charge is 2.04. The van der Waals surface area contributed by atoms with Crippen molar-refractivity contribution in [3.8, 4) is 11.9 Å². The number of hydrogen-bond acceptors (Lipinski definition) is 4. The number of aromatic nitrogens is 2. The second-order valence-corrected chi connectivity index (χ2v) is 2.88. The van der Waals surface area contributed by atoms with Gasteiger partial charge in [0.25, 0.3) is 5.88 Å². The van der Waals surface area contributed by atoms with Gasteiger partial charge in [-0.05, 0) is 6.92 Å². The molecule has 1 heterocycles. The molecular weight excluding hydrogens is 178 g/mol. The molecule has 0 saturated carbocycles. The lowest BCUT2D eigenvalue weighted by Gasteiger charge is -2.04. The quantitative estimate of drug-likeness (QED) is 0.676. The van der Waals surface area contributed by atoms with Gasteiger partial charge < -0.3 is 4.74 Å². The molecular formula is C10H11N3O. The molecule has 0 saturated heterocycles. The maximum Gasteiger partial charge on any atom is 0.251 e. The number of nitriles is 1. The smallest absolute Gasteiger partial charge is 0.251 e. The van der Waals surface area contributed by atoms with Gasteiger partial charge in [-0.3, -0.25) is 0 Å². The molecule has 72 valence electrons. The van der Waals surface area contributed by atoms with Gasteiger partial charge in [-0.1, -0.05) is 5.57 Å². The highest BCUT2D eigenvalue weighted by molar-refractivity contribution is 5.29. The molecule has 0 aliphatic carbocycles. The zero-order valence-corrected chi connectivity index (χ0v) is 8.03.